The van der Waals surface area contributed by atoms with Gasteiger partial charge >= 0.3 is 0 Å². The Morgan fingerprint density at radius 1 is 1.47 bits per heavy atom. The Hall–Kier alpha value is 0.120. The fourth-order valence-electron chi connectivity index (χ4n) is 1.87. The van der Waals surface area contributed by atoms with Gasteiger partial charge in [0.2, 0.25) is 10.0 Å². The maximum absolute atomic E-state index is 11.9. The molecule has 0 radical (unpaired) electrons. The third-order valence-electron chi connectivity index (χ3n) is 2.88. The van der Waals surface area contributed by atoms with Crippen molar-refractivity contribution in [3.63, 3.8) is 0 Å². The van der Waals surface area contributed by atoms with E-state index in [1.807, 2.05) is 14.0 Å². The molecule has 0 bridgehead atoms. The summed E-state index contributed by atoms with van der Waals surface area (Å²) in [5.74, 6) is 0.0945. The largest absolute Gasteiger partial charge is 0.381 e. The van der Waals surface area contributed by atoms with E-state index in [4.69, 9.17) is 4.74 Å². The minimum absolute atomic E-state index is 0. The number of rotatable bonds is 6. The van der Waals surface area contributed by atoms with Crippen LogP contribution in [0, 0.1) is 0 Å². The third-order valence-corrected chi connectivity index (χ3v) is 4.68. The molecule has 1 unspecified atom stereocenters. The van der Waals surface area contributed by atoms with E-state index in [0.717, 1.165) is 12.8 Å². The Kier molecular flexibility index (Phi) is 8.32. The molecule has 0 aromatic heterocycles. The van der Waals surface area contributed by atoms with E-state index in [2.05, 4.69) is 5.32 Å². The van der Waals surface area contributed by atoms with E-state index in [0.29, 0.717) is 26.3 Å². The first kappa shape index (κ1) is 17.1. The topological polar surface area (TPSA) is 58.6 Å². The first-order valence-electron chi connectivity index (χ1n) is 5.83. The van der Waals surface area contributed by atoms with Crippen molar-refractivity contribution in [2.75, 3.05) is 39.1 Å². The van der Waals surface area contributed by atoms with Gasteiger partial charge in [0.15, 0.2) is 0 Å². The summed E-state index contributed by atoms with van der Waals surface area (Å²) in [6.07, 6.45) is 1.98. The molecule has 0 aromatic carbocycles. The summed E-state index contributed by atoms with van der Waals surface area (Å²) in [4.78, 5) is 0. The lowest BCUT2D eigenvalue weighted by molar-refractivity contribution is 0.162. The number of hydrogen-bond acceptors (Lipinski definition) is 4. The number of nitrogens with zero attached hydrogens (tertiary/aromatic N) is 1. The van der Waals surface area contributed by atoms with Gasteiger partial charge in [0.25, 0.3) is 0 Å². The molecule has 0 amide bonds. The average molecular weight is 287 g/mol. The Morgan fingerprint density at radius 3 is 2.76 bits per heavy atom. The van der Waals surface area contributed by atoms with Gasteiger partial charge in [0, 0.05) is 25.7 Å². The number of sulfonamides is 1. The molecule has 1 saturated heterocycles. The maximum Gasteiger partial charge on any atom is 0.216 e. The lowest BCUT2D eigenvalue weighted by atomic mass is 10.1. The van der Waals surface area contributed by atoms with Crippen molar-refractivity contribution in [1.82, 2.24) is 9.62 Å². The van der Waals surface area contributed by atoms with Crippen LogP contribution in [-0.4, -0.2) is 57.9 Å². The Morgan fingerprint density at radius 2 is 2.18 bits per heavy atom. The van der Waals surface area contributed by atoms with E-state index in [-0.39, 0.29) is 24.2 Å². The van der Waals surface area contributed by atoms with E-state index in [1.54, 1.807) is 4.31 Å². The van der Waals surface area contributed by atoms with Crippen LogP contribution in [0.5, 0.6) is 0 Å². The molecule has 1 heterocycles. The summed E-state index contributed by atoms with van der Waals surface area (Å²) in [6.45, 7) is 3.95. The van der Waals surface area contributed by atoms with Gasteiger partial charge in [0.05, 0.1) is 12.4 Å². The number of halogens is 1. The van der Waals surface area contributed by atoms with Crippen molar-refractivity contribution in [2.45, 2.75) is 25.8 Å². The molecule has 7 heteroatoms. The summed E-state index contributed by atoms with van der Waals surface area (Å²) in [5, 5.41) is 3.14. The van der Waals surface area contributed by atoms with Crippen LogP contribution >= 0.6 is 12.4 Å². The molecular weight excluding hydrogens is 264 g/mol. The van der Waals surface area contributed by atoms with Crippen molar-refractivity contribution in [2.24, 2.45) is 0 Å². The van der Waals surface area contributed by atoms with Gasteiger partial charge in [-0.1, -0.05) is 0 Å². The van der Waals surface area contributed by atoms with Gasteiger partial charge in [-0.25, -0.2) is 12.7 Å². The molecule has 1 aliphatic heterocycles. The molecule has 0 spiro atoms. The molecule has 0 aliphatic carbocycles. The second-order valence-electron chi connectivity index (χ2n) is 4.00. The van der Waals surface area contributed by atoms with Crippen molar-refractivity contribution < 1.29 is 13.2 Å². The number of likely N-dealkylation sites (N-methyl/N-ethyl adjacent to an activating group) is 1. The average Bonchev–Trinajstić information content (AvgIpc) is 2.29. The number of nitrogens with one attached hydrogen (secondary N) is 1. The molecular formula is C10H23ClN2O3S. The van der Waals surface area contributed by atoms with Crippen LogP contribution in [0.15, 0.2) is 0 Å². The van der Waals surface area contributed by atoms with Crippen molar-refractivity contribution >= 4 is 22.4 Å². The second-order valence-corrected chi connectivity index (χ2v) is 6.09. The summed E-state index contributed by atoms with van der Waals surface area (Å²) in [6, 6.07) is 0.288. The van der Waals surface area contributed by atoms with Crippen LogP contribution in [0.25, 0.3) is 0 Å². The van der Waals surface area contributed by atoms with E-state index in [1.165, 1.54) is 0 Å². The summed E-state index contributed by atoms with van der Waals surface area (Å²) in [7, 11) is -1.25. The molecule has 1 aliphatic rings. The quantitative estimate of drug-likeness (QED) is 0.721. The standard InChI is InChI=1S/C10H22N2O3S.ClH/c1-3-15-7-8-16(13,14)12-6-4-5-10(9-12)11-2;/h10-11H,3-9H2,1-2H3;1H. The lowest BCUT2D eigenvalue weighted by Gasteiger charge is -2.31. The number of piperidine rings is 1. The molecule has 1 rings (SSSR count). The van der Waals surface area contributed by atoms with E-state index in [9.17, 15) is 8.42 Å². The van der Waals surface area contributed by atoms with Crippen LogP contribution in [0.3, 0.4) is 0 Å². The van der Waals surface area contributed by atoms with Crippen molar-refractivity contribution in [3.05, 3.63) is 0 Å². The molecule has 1 fully saturated rings. The first-order chi connectivity index (χ1) is 7.60. The summed E-state index contributed by atoms with van der Waals surface area (Å²) < 4.78 is 30.6. The van der Waals surface area contributed by atoms with Crippen LogP contribution in [0.1, 0.15) is 19.8 Å². The normalized spacial score (nSPS) is 22.1. The van der Waals surface area contributed by atoms with Crippen LogP contribution < -0.4 is 5.32 Å². The molecule has 0 aromatic rings. The summed E-state index contributed by atoms with van der Waals surface area (Å²) >= 11 is 0. The molecule has 1 atom stereocenters. The van der Waals surface area contributed by atoms with E-state index < -0.39 is 10.0 Å². The minimum atomic E-state index is -3.13. The molecule has 104 valence electrons. The Labute approximate surface area is 110 Å². The molecule has 0 saturated carbocycles. The van der Waals surface area contributed by atoms with Gasteiger partial charge in [-0.15, -0.1) is 12.4 Å². The van der Waals surface area contributed by atoms with Gasteiger partial charge < -0.3 is 10.1 Å². The predicted octanol–water partition coefficient (Wildman–Crippen LogP) is 0.458. The first-order valence-corrected chi connectivity index (χ1v) is 7.44. The van der Waals surface area contributed by atoms with Crippen molar-refractivity contribution in [3.8, 4) is 0 Å². The number of hydrogen-bond donors (Lipinski definition) is 1. The SMILES string of the molecule is CCOCCS(=O)(=O)N1CCCC(NC)C1.Cl. The summed E-state index contributed by atoms with van der Waals surface area (Å²) in [5.41, 5.74) is 0. The molecule has 17 heavy (non-hydrogen) atoms. The van der Waals surface area contributed by atoms with Gasteiger partial charge in [0.1, 0.15) is 0 Å². The van der Waals surface area contributed by atoms with Crippen LogP contribution in [-0.2, 0) is 14.8 Å². The van der Waals surface area contributed by atoms with E-state index >= 15 is 0 Å². The highest BCUT2D eigenvalue weighted by Gasteiger charge is 2.27. The smallest absolute Gasteiger partial charge is 0.216 e. The van der Waals surface area contributed by atoms with Crippen molar-refractivity contribution in [1.29, 1.82) is 0 Å². The third kappa shape index (κ3) is 5.52. The number of ether oxygens (including phenoxy) is 1. The van der Waals surface area contributed by atoms with Gasteiger partial charge in [-0.2, -0.15) is 0 Å². The lowest BCUT2D eigenvalue weighted by Crippen LogP contribution is -2.47. The zero-order chi connectivity index (χ0) is 12.0. The fraction of sp³-hybridized carbons (Fsp3) is 1.00. The highest BCUT2D eigenvalue weighted by Crippen LogP contribution is 2.14. The zero-order valence-electron chi connectivity index (χ0n) is 10.5. The highest BCUT2D eigenvalue weighted by atomic mass is 35.5. The fourth-order valence-corrected chi connectivity index (χ4v) is 3.27. The predicted molar refractivity (Wildman–Crippen MR) is 71.2 cm³/mol. The Bertz CT molecular complexity index is 298. The molecule has 5 nitrogen and oxygen atoms in total. The maximum atomic E-state index is 11.9. The van der Waals surface area contributed by atoms with Gasteiger partial charge in [-0.3, -0.25) is 0 Å². The monoisotopic (exact) mass is 286 g/mol. The zero-order valence-corrected chi connectivity index (χ0v) is 12.1. The molecule has 1 N–H and O–H groups in total. The van der Waals surface area contributed by atoms with Crippen LogP contribution in [0.4, 0.5) is 0 Å². The minimum Gasteiger partial charge on any atom is -0.381 e. The highest BCUT2D eigenvalue weighted by molar-refractivity contribution is 7.89. The van der Waals surface area contributed by atoms with Gasteiger partial charge in [-0.05, 0) is 26.8 Å². The second kappa shape index (κ2) is 8.26. The van der Waals surface area contributed by atoms with Crippen LogP contribution in [0.2, 0.25) is 0 Å². The Balaban J connectivity index is 0.00000256.